The molecule has 0 aromatic heterocycles. The third kappa shape index (κ3) is 4.19. The lowest BCUT2D eigenvalue weighted by molar-refractivity contribution is 0.174. The number of hydrogen-bond acceptors (Lipinski definition) is 1. The molecule has 0 spiro atoms. The van der Waals surface area contributed by atoms with Gasteiger partial charge in [-0.15, -0.1) is 0 Å². The van der Waals surface area contributed by atoms with Crippen molar-refractivity contribution in [2.45, 2.75) is 18.9 Å². The van der Waals surface area contributed by atoms with Crippen molar-refractivity contribution in [1.29, 1.82) is 0 Å². The molecular formula is C15H12BrCl2FO. The van der Waals surface area contributed by atoms with Crippen LogP contribution in [0.3, 0.4) is 0 Å². The molecule has 1 nitrogen and oxygen atoms in total. The van der Waals surface area contributed by atoms with Crippen LogP contribution in [0.25, 0.3) is 0 Å². The maximum atomic E-state index is 13.6. The van der Waals surface area contributed by atoms with Crippen molar-refractivity contribution in [3.05, 3.63) is 67.9 Å². The van der Waals surface area contributed by atoms with Gasteiger partial charge in [-0.05, 0) is 47.9 Å². The fourth-order valence-corrected chi connectivity index (χ4v) is 2.69. The summed E-state index contributed by atoms with van der Waals surface area (Å²) in [6, 6.07) is 9.88. The minimum Gasteiger partial charge on any atom is -0.392 e. The fourth-order valence-electron chi connectivity index (χ4n) is 1.96. The molecule has 1 N–H and O–H groups in total. The molecule has 1 atom stereocenters. The van der Waals surface area contributed by atoms with Gasteiger partial charge in [-0.3, -0.25) is 0 Å². The van der Waals surface area contributed by atoms with Crippen molar-refractivity contribution in [1.82, 2.24) is 0 Å². The third-order valence-electron chi connectivity index (χ3n) is 2.92. The van der Waals surface area contributed by atoms with Crippen molar-refractivity contribution in [2.24, 2.45) is 0 Å². The van der Waals surface area contributed by atoms with E-state index in [0.717, 1.165) is 10.0 Å². The molecule has 2 rings (SSSR count). The Morgan fingerprint density at radius 2 is 1.80 bits per heavy atom. The van der Waals surface area contributed by atoms with E-state index in [2.05, 4.69) is 15.9 Å². The highest BCUT2D eigenvalue weighted by Crippen LogP contribution is 2.24. The van der Waals surface area contributed by atoms with Crippen LogP contribution in [0.1, 0.15) is 11.1 Å². The van der Waals surface area contributed by atoms with Crippen LogP contribution in [0.4, 0.5) is 4.39 Å². The Balaban J connectivity index is 2.06. The second-order valence-electron chi connectivity index (χ2n) is 4.55. The van der Waals surface area contributed by atoms with Crippen LogP contribution < -0.4 is 0 Å². The summed E-state index contributed by atoms with van der Waals surface area (Å²) in [4.78, 5) is 0. The van der Waals surface area contributed by atoms with Gasteiger partial charge in [-0.1, -0.05) is 45.2 Å². The first-order chi connectivity index (χ1) is 9.45. The van der Waals surface area contributed by atoms with Gasteiger partial charge in [0.25, 0.3) is 0 Å². The highest BCUT2D eigenvalue weighted by atomic mass is 79.9. The molecule has 0 saturated heterocycles. The van der Waals surface area contributed by atoms with Crippen LogP contribution in [-0.4, -0.2) is 11.2 Å². The van der Waals surface area contributed by atoms with Crippen LogP contribution in [0.15, 0.2) is 40.9 Å². The van der Waals surface area contributed by atoms with Crippen LogP contribution in [0.5, 0.6) is 0 Å². The average Bonchev–Trinajstić information content (AvgIpc) is 2.38. The van der Waals surface area contributed by atoms with Gasteiger partial charge in [0, 0.05) is 10.9 Å². The van der Waals surface area contributed by atoms with Gasteiger partial charge in [0.05, 0.1) is 16.1 Å². The summed E-state index contributed by atoms with van der Waals surface area (Å²) in [6.45, 7) is 0. The Morgan fingerprint density at radius 1 is 1.05 bits per heavy atom. The lowest BCUT2D eigenvalue weighted by atomic mass is 10.0. The van der Waals surface area contributed by atoms with Crippen molar-refractivity contribution >= 4 is 39.1 Å². The van der Waals surface area contributed by atoms with Crippen LogP contribution in [0.2, 0.25) is 10.0 Å². The first kappa shape index (κ1) is 15.8. The standard InChI is InChI=1S/C15H12BrCl2FO/c16-11-2-4-15(19)10(7-11)8-12(20)5-9-1-3-13(17)14(18)6-9/h1-4,6-7,12,20H,5,8H2. The summed E-state index contributed by atoms with van der Waals surface area (Å²) in [6.07, 6.45) is -0.0509. The highest BCUT2D eigenvalue weighted by Gasteiger charge is 2.11. The lowest BCUT2D eigenvalue weighted by Crippen LogP contribution is -2.14. The molecule has 0 fully saturated rings. The van der Waals surface area contributed by atoms with E-state index in [1.54, 1.807) is 30.3 Å². The molecule has 0 bridgehead atoms. The molecule has 20 heavy (non-hydrogen) atoms. The molecule has 2 aromatic rings. The normalized spacial score (nSPS) is 12.4. The molecule has 0 aliphatic heterocycles. The Morgan fingerprint density at radius 3 is 2.50 bits per heavy atom. The van der Waals surface area contributed by atoms with E-state index < -0.39 is 6.10 Å². The summed E-state index contributed by atoms with van der Waals surface area (Å²) in [5, 5.41) is 11.0. The largest absolute Gasteiger partial charge is 0.392 e. The minimum atomic E-state index is -0.684. The molecular weight excluding hydrogens is 366 g/mol. The molecule has 1 unspecified atom stereocenters. The van der Waals surface area contributed by atoms with E-state index in [4.69, 9.17) is 23.2 Å². The van der Waals surface area contributed by atoms with Crippen molar-refractivity contribution < 1.29 is 9.50 Å². The van der Waals surface area contributed by atoms with E-state index in [0.29, 0.717) is 22.0 Å². The van der Waals surface area contributed by atoms with Crippen LogP contribution in [0, 0.1) is 5.82 Å². The Bertz CT molecular complexity index is 619. The zero-order valence-electron chi connectivity index (χ0n) is 10.4. The number of rotatable bonds is 4. The van der Waals surface area contributed by atoms with Crippen molar-refractivity contribution in [3.63, 3.8) is 0 Å². The molecule has 0 radical (unpaired) electrons. The number of aliphatic hydroxyl groups excluding tert-OH is 1. The van der Waals surface area contributed by atoms with Gasteiger partial charge in [0.2, 0.25) is 0 Å². The van der Waals surface area contributed by atoms with Gasteiger partial charge in [-0.2, -0.15) is 0 Å². The molecule has 2 aromatic carbocycles. The van der Waals surface area contributed by atoms with Crippen molar-refractivity contribution in [2.75, 3.05) is 0 Å². The molecule has 0 amide bonds. The van der Waals surface area contributed by atoms with Gasteiger partial charge >= 0.3 is 0 Å². The summed E-state index contributed by atoms with van der Waals surface area (Å²) < 4.78 is 14.4. The van der Waals surface area contributed by atoms with Gasteiger partial charge in [0.1, 0.15) is 5.82 Å². The number of aliphatic hydroxyl groups is 1. The summed E-state index contributed by atoms with van der Waals surface area (Å²) in [5.74, 6) is -0.318. The smallest absolute Gasteiger partial charge is 0.126 e. The van der Waals surface area contributed by atoms with Crippen LogP contribution in [-0.2, 0) is 12.8 Å². The zero-order chi connectivity index (χ0) is 14.7. The van der Waals surface area contributed by atoms with E-state index >= 15 is 0 Å². The molecule has 0 heterocycles. The lowest BCUT2D eigenvalue weighted by Gasteiger charge is -2.12. The SMILES string of the molecule is OC(Cc1ccc(Cl)c(Cl)c1)Cc1cc(Br)ccc1F. The Labute approximate surface area is 135 Å². The number of hydrogen-bond donors (Lipinski definition) is 1. The van der Waals surface area contributed by atoms with Gasteiger partial charge in [-0.25, -0.2) is 4.39 Å². The quantitative estimate of drug-likeness (QED) is 0.791. The van der Waals surface area contributed by atoms with Crippen LogP contribution >= 0.6 is 39.1 Å². The maximum Gasteiger partial charge on any atom is 0.126 e. The van der Waals surface area contributed by atoms with Crippen molar-refractivity contribution in [3.8, 4) is 0 Å². The van der Waals surface area contributed by atoms with E-state index in [9.17, 15) is 9.50 Å². The number of halogens is 4. The van der Waals surface area contributed by atoms with E-state index in [-0.39, 0.29) is 12.2 Å². The summed E-state index contributed by atoms with van der Waals surface area (Å²) in [7, 11) is 0. The van der Waals surface area contributed by atoms with Gasteiger partial charge < -0.3 is 5.11 Å². The molecule has 106 valence electrons. The number of benzene rings is 2. The fraction of sp³-hybridized carbons (Fsp3) is 0.200. The zero-order valence-corrected chi connectivity index (χ0v) is 13.5. The summed E-state index contributed by atoms with van der Waals surface area (Å²) >= 11 is 15.0. The highest BCUT2D eigenvalue weighted by molar-refractivity contribution is 9.10. The average molecular weight is 378 g/mol. The first-order valence-electron chi connectivity index (χ1n) is 6.01. The summed E-state index contributed by atoms with van der Waals surface area (Å²) in [5.41, 5.74) is 1.34. The van der Waals surface area contributed by atoms with E-state index in [1.165, 1.54) is 6.07 Å². The topological polar surface area (TPSA) is 20.2 Å². The maximum absolute atomic E-state index is 13.6. The predicted octanol–water partition coefficient (Wildman–Crippen LogP) is 5.04. The third-order valence-corrected chi connectivity index (χ3v) is 4.15. The second-order valence-corrected chi connectivity index (χ2v) is 6.28. The predicted molar refractivity (Wildman–Crippen MR) is 84.0 cm³/mol. The van der Waals surface area contributed by atoms with E-state index in [1.807, 2.05) is 0 Å². The minimum absolute atomic E-state index is 0.242. The molecule has 0 saturated carbocycles. The Hall–Kier alpha value is -0.610. The Kier molecular flexibility index (Phi) is 5.44. The molecule has 5 heteroatoms. The monoisotopic (exact) mass is 376 g/mol. The molecule has 0 aliphatic carbocycles. The first-order valence-corrected chi connectivity index (χ1v) is 7.56. The second kappa shape index (κ2) is 6.90. The van der Waals surface area contributed by atoms with Gasteiger partial charge in [0.15, 0.2) is 0 Å². The molecule has 0 aliphatic rings.